The number of nitrogens with two attached hydrogens (primary N) is 1. The molecule has 0 unspecified atom stereocenters. The van der Waals surface area contributed by atoms with Crippen LogP contribution in [0.4, 0.5) is 5.82 Å². The molecule has 0 saturated carbocycles. The number of rotatable bonds is 5. The second-order valence-corrected chi connectivity index (χ2v) is 12.4. The number of anilines is 1. The van der Waals surface area contributed by atoms with Crippen molar-refractivity contribution >= 4 is 80.1 Å². The maximum absolute atomic E-state index is 9.71. The highest BCUT2D eigenvalue weighted by atomic mass is 79.9. The van der Waals surface area contributed by atoms with Crippen LogP contribution in [0.3, 0.4) is 0 Å². The van der Waals surface area contributed by atoms with Crippen LogP contribution in [0.2, 0.25) is 15.2 Å². The van der Waals surface area contributed by atoms with Crippen molar-refractivity contribution in [2.75, 3.05) is 11.6 Å². The van der Waals surface area contributed by atoms with Crippen LogP contribution in [0.1, 0.15) is 0 Å². The maximum atomic E-state index is 9.71. The summed E-state index contributed by atoms with van der Waals surface area (Å²) in [5.74, 6) is 0.453. The van der Waals surface area contributed by atoms with Crippen molar-refractivity contribution in [3.05, 3.63) is 129 Å². The summed E-state index contributed by atoms with van der Waals surface area (Å²) >= 11 is 26.5. The lowest BCUT2D eigenvalue weighted by Crippen LogP contribution is -2.00. The number of aromatic nitrogens is 5. The molecule has 14 heteroatoms. The van der Waals surface area contributed by atoms with Gasteiger partial charge in [-0.25, -0.2) is 19.9 Å². The summed E-state index contributed by atoms with van der Waals surface area (Å²) in [5, 5.41) is 20.1. The number of benzene rings is 4. The second-order valence-electron chi connectivity index (χ2n) is 10.2. The fourth-order valence-electron chi connectivity index (χ4n) is 4.76. The second kappa shape index (κ2) is 16.8. The number of halogens is 5. The van der Waals surface area contributed by atoms with Crippen LogP contribution in [-0.2, 0) is 4.79 Å². The van der Waals surface area contributed by atoms with Crippen molar-refractivity contribution in [3.8, 4) is 56.5 Å². The number of carbonyl (C=O) groups excluding carboxylic acids is 1. The molecule has 0 radical (unpaired) electrons. The molecule has 0 amide bonds. The fraction of sp³-hybridized carbons (Fsp3) is 0.0278. The average molecular weight is 811 g/mol. The molecule has 0 aliphatic heterocycles. The molecular weight excluding hydrogens is 786 g/mol. The summed E-state index contributed by atoms with van der Waals surface area (Å²) in [6.45, 7) is 0. The Labute approximate surface area is 315 Å². The van der Waals surface area contributed by atoms with Crippen LogP contribution in [0, 0.1) is 0 Å². The van der Waals surface area contributed by atoms with Gasteiger partial charge in [0.2, 0.25) is 0 Å². The highest BCUT2D eigenvalue weighted by Crippen LogP contribution is 2.37. The largest absolute Gasteiger partial charge is 0.506 e. The Kier molecular flexibility index (Phi) is 12.3. The van der Waals surface area contributed by atoms with Gasteiger partial charge >= 0.3 is 0 Å². The van der Waals surface area contributed by atoms with E-state index >= 15 is 0 Å². The minimum Gasteiger partial charge on any atom is -0.506 e. The molecule has 0 fully saturated rings. The minimum absolute atomic E-state index is 0.0183. The predicted molar refractivity (Wildman–Crippen MR) is 204 cm³/mol. The summed E-state index contributed by atoms with van der Waals surface area (Å²) in [7, 11) is 0. The number of aldehydes is 1. The molecule has 0 spiro atoms. The van der Waals surface area contributed by atoms with Crippen LogP contribution in [0.15, 0.2) is 114 Å². The van der Waals surface area contributed by atoms with Crippen molar-refractivity contribution in [3.63, 3.8) is 0 Å². The number of fused-ring (bicyclic) bond motifs is 1. The van der Waals surface area contributed by atoms with E-state index in [0.717, 1.165) is 27.9 Å². The Bertz CT molecular complexity index is 2280. The van der Waals surface area contributed by atoms with Crippen LogP contribution in [-0.4, -0.2) is 46.7 Å². The Morgan fingerprint density at radius 3 is 1.80 bits per heavy atom. The molecule has 0 atom stereocenters. The molecule has 7 aromatic rings. The smallest absolute Gasteiger partial charge is 0.175 e. The standard InChI is InChI=1S/C18H11Cl2N3O.C16H11BrClN3O.C2H3ClO/c19-13-10-12(6-7-14(13)24)16-15(11-4-2-1-3-5-11)22-17(20)18-21-8-9-23(16)18;17-15-16(19)21-14(10-6-7-12(22)11(18)8-10)13(20-15)9-4-2-1-3-5-9;3-1-2-4/h1-10,24H;1-8,22H,(H2,19,21);2H,1H2. The lowest BCUT2D eigenvalue weighted by Gasteiger charge is -2.13. The first-order valence-corrected chi connectivity index (χ1v) is 17.0. The number of hydrogen-bond donors (Lipinski definition) is 3. The number of alkyl halides is 1. The molecule has 4 N–H and O–H groups in total. The van der Waals surface area contributed by atoms with Gasteiger partial charge in [-0.1, -0.05) is 95.5 Å². The van der Waals surface area contributed by atoms with Crippen molar-refractivity contribution in [1.82, 2.24) is 24.3 Å². The van der Waals surface area contributed by atoms with E-state index in [0.29, 0.717) is 44.6 Å². The van der Waals surface area contributed by atoms with Gasteiger partial charge < -0.3 is 20.7 Å². The lowest BCUT2D eigenvalue weighted by atomic mass is 10.0. The van der Waals surface area contributed by atoms with Gasteiger partial charge in [0, 0.05) is 34.6 Å². The molecule has 0 aliphatic rings. The van der Waals surface area contributed by atoms with Crippen LogP contribution >= 0.6 is 62.3 Å². The first kappa shape index (κ1) is 36.6. The number of phenolic OH excluding ortho intramolecular Hbond substituents is 2. The third-order valence-electron chi connectivity index (χ3n) is 6.98. The van der Waals surface area contributed by atoms with E-state index in [-0.39, 0.29) is 27.4 Å². The third-order valence-corrected chi connectivity index (χ3v) is 8.55. The monoisotopic (exact) mass is 808 g/mol. The van der Waals surface area contributed by atoms with Gasteiger partial charge in [0.05, 0.1) is 38.7 Å². The van der Waals surface area contributed by atoms with E-state index in [4.69, 9.17) is 56.9 Å². The molecule has 0 bridgehead atoms. The van der Waals surface area contributed by atoms with Crippen molar-refractivity contribution in [1.29, 1.82) is 0 Å². The number of hydrogen-bond acceptors (Lipinski definition) is 8. The lowest BCUT2D eigenvalue weighted by molar-refractivity contribution is -0.105. The zero-order valence-corrected chi connectivity index (χ0v) is 30.3. The van der Waals surface area contributed by atoms with E-state index in [9.17, 15) is 10.2 Å². The number of nitrogen functional groups attached to an aromatic ring is 1. The number of carbonyl (C=O) groups is 1. The highest BCUT2D eigenvalue weighted by Gasteiger charge is 2.18. The molecule has 7 rings (SSSR count). The Hall–Kier alpha value is -4.71. The van der Waals surface area contributed by atoms with E-state index < -0.39 is 0 Å². The van der Waals surface area contributed by atoms with Gasteiger partial charge in [0.15, 0.2) is 16.6 Å². The van der Waals surface area contributed by atoms with E-state index in [2.05, 4.69) is 35.9 Å². The SMILES string of the molecule is Nc1nc(-c2ccc(O)c(Cl)c2)c(-c2ccccc2)nc1Br.O=CCCl.Oc1ccc(-c2c(-c3ccccc3)nc(Cl)c3nccn23)cc1Cl. The molecule has 252 valence electrons. The first-order chi connectivity index (χ1) is 24.1. The van der Waals surface area contributed by atoms with E-state index in [1.165, 1.54) is 6.07 Å². The molecule has 0 saturated heterocycles. The van der Waals surface area contributed by atoms with Crippen LogP contribution < -0.4 is 5.73 Å². The molecule has 3 heterocycles. The maximum Gasteiger partial charge on any atom is 0.175 e. The number of phenols is 2. The number of nitrogens with zero attached hydrogens (tertiary/aromatic N) is 5. The highest BCUT2D eigenvalue weighted by molar-refractivity contribution is 9.10. The van der Waals surface area contributed by atoms with Gasteiger partial charge in [-0.15, -0.1) is 11.6 Å². The van der Waals surface area contributed by atoms with Crippen LogP contribution in [0.25, 0.3) is 50.7 Å². The third kappa shape index (κ3) is 8.35. The van der Waals surface area contributed by atoms with Crippen molar-refractivity contribution in [2.45, 2.75) is 0 Å². The zero-order chi connectivity index (χ0) is 35.8. The first-order valence-electron chi connectivity index (χ1n) is 14.6. The molecule has 3 aromatic heterocycles. The van der Waals surface area contributed by atoms with E-state index in [1.807, 2.05) is 71.3 Å². The van der Waals surface area contributed by atoms with Gasteiger partial charge in [0.1, 0.15) is 22.4 Å². The Balaban J connectivity index is 0.000000176. The number of imidazole rings is 1. The van der Waals surface area contributed by atoms with Gasteiger partial charge in [-0.3, -0.25) is 4.40 Å². The molecule has 0 aliphatic carbocycles. The Morgan fingerprint density at radius 1 is 0.720 bits per heavy atom. The quantitative estimate of drug-likeness (QED) is 0.115. The molecular formula is C36H25BrCl4N6O3. The molecule has 4 aromatic carbocycles. The fourth-order valence-corrected chi connectivity index (χ4v) is 5.61. The topological polar surface area (TPSA) is 140 Å². The zero-order valence-electron chi connectivity index (χ0n) is 25.7. The number of aromatic hydroxyl groups is 2. The van der Waals surface area contributed by atoms with Gasteiger partial charge in [-0.2, -0.15) is 0 Å². The average Bonchev–Trinajstić information content (AvgIpc) is 3.64. The van der Waals surface area contributed by atoms with Crippen molar-refractivity contribution in [2.24, 2.45) is 0 Å². The predicted octanol–water partition coefficient (Wildman–Crippen LogP) is 10.0. The summed E-state index contributed by atoms with van der Waals surface area (Å²) in [5.41, 5.74) is 12.6. The summed E-state index contributed by atoms with van der Waals surface area (Å²) in [4.78, 5) is 26.8. The van der Waals surface area contributed by atoms with Gasteiger partial charge in [-0.05, 0) is 52.3 Å². The van der Waals surface area contributed by atoms with Crippen molar-refractivity contribution < 1.29 is 15.0 Å². The summed E-state index contributed by atoms with van der Waals surface area (Å²) in [6, 6.07) is 29.4. The van der Waals surface area contributed by atoms with Gasteiger partial charge in [0.25, 0.3) is 0 Å². The molecule has 50 heavy (non-hydrogen) atoms. The van der Waals surface area contributed by atoms with Crippen LogP contribution in [0.5, 0.6) is 11.5 Å². The normalized spacial score (nSPS) is 10.5. The summed E-state index contributed by atoms with van der Waals surface area (Å²) in [6.07, 6.45) is 4.14. The minimum atomic E-state index is 0.0183. The Morgan fingerprint density at radius 2 is 1.24 bits per heavy atom. The van der Waals surface area contributed by atoms with E-state index in [1.54, 1.807) is 36.5 Å². The molecule has 9 nitrogen and oxygen atoms in total. The summed E-state index contributed by atoms with van der Waals surface area (Å²) < 4.78 is 2.36.